The Labute approximate surface area is 88.8 Å². The van der Waals surface area contributed by atoms with Gasteiger partial charge in [-0.3, -0.25) is 4.79 Å². The Bertz CT molecular complexity index is 186. The summed E-state index contributed by atoms with van der Waals surface area (Å²) < 4.78 is 0. The van der Waals surface area contributed by atoms with Crippen LogP contribution in [0.3, 0.4) is 0 Å². The molecule has 1 amide bonds. The monoisotopic (exact) mass is 221 g/mol. The molecule has 1 N–H and O–H groups in total. The molecule has 0 aromatic carbocycles. The van der Waals surface area contributed by atoms with E-state index < -0.39 is 5.38 Å². The Balaban J connectivity index is 2.28. The Morgan fingerprint density at radius 1 is 1.62 bits per heavy atom. The number of amides is 1. The van der Waals surface area contributed by atoms with Crippen molar-refractivity contribution in [3.63, 3.8) is 0 Å². The molecule has 0 heterocycles. The van der Waals surface area contributed by atoms with Gasteiger partial charge in [-0.25, -0.2) is 0 Å². The van der Waals surface area contributed by atoms with Crippen molar-refractivity contribution in [1.82, 2.24) is 5.32 Å². The molecule has 13 heavy (non-hydrogen) atoms. The van der Waals surface area contributed by atoms with Crippen LogP contribution >= 0.6 is 23.4 Å². The van der Waals surface area contributed by atoms with Crippen molar-refractivity contribution in [2.75, 3.05) is 6.26 Å². The third-order valence-corrected chi connectivity index (χ3v) is 3.72. The number of carbonyl (C=O) groups excluding carboxylic acids is 1. The summed E-state index contributed by atoms with van der Waals surface area (Å²) in [5.41, 5.74) is 0. The van der Waals surface area contributed by atoms with Crippen LogP contribution in [0.5, 0.6) is 0 Å². The summed E-state index contributed by atoms with van der Waals surface area (Å²) in [6.07, 6.45) is 5.53. The number of alkyl halides is 1. The van der Waals surface area contributed by atoms with Gasteiger partial charge in [-0.1, -0.05) is 0 Å². The van der Waals surface area contributed by atoms with Crippen LogP contribution in [0.15, 0.2) is 0 Å². The van der Waals surface area contributed by atoms with E-state index in [2.05, 4.69) is 11.6 Å². The van der Waals surface area contributed by atoms with Gasteiger partial charge < -0.3 is 5.32 Å². The lowest BCUT2D eigenvalue weighted by atomic mass is 10.2. The smallest absolute Gasteiger partial charge is 0.237 e. The lowest BCUT2D eigenvalue weighted by Gasteiger charge is -2.13. The lowest BCUT2D eigenvalue weighted by molar-refractivity contribution is -0.121. The summed E-state index contributed by atoms with van der Waals surface area (Å²) in [6, 6.07) is 0.353. The molecule has 1 saturated carbocycles. The molecule has 1 rings (SSSR count). The van der Waals surface area contributed by atoms with Crippen LogP contribution in [0.2, 0.25) is 0 Å². The number of hydrogen-bond donors (Lipinski definition) is 1. The van der Waals surface area contributed by atoms with E-state index >= 15 is 0 Å². The van der Waals surface area contributed by atoms with Gasteiger partial charge in [0.1, 0.15) is 5.38 Å². The Morgan fingerprint density at radius 3 is 2.77 bits per heavy atom. The first-order valence-corrected chi connectivity index (χ1v) is 6.33. The van der Waals surface area contributed by atoms with Gasteiger partial charge in [-0.15, -0.1) is 11.6 Å². The van der Waals surface area contributed by atoms with E-state index in [-0.39, 0.29) is 5.91 Å². The highest BCUT2D eigenvalue weighted by molar-refractivity contribution is 7.99. The quantitative estimate of drug-likeness (QED) is 0.739. The summed E-state index contributed by atoms with van der Waals surface area (Å²) in [6.45, 7) is 1.71. The SMILES string of the molecule is CSC1CCC(NC(=O)C(C)Cl)C1. The maximum Gasteiger partial charge on any atom is 0.237 e. The molecule has 0 aliphatic heterocycles. The molecule has 0 spiro atoms. The van der Waals surface area contributed by atoms with Gasteiger partial charge in [0.05, 0.1) is 0 Å². The molecule has 3 unspecified atom stereocenters. The molecule has 1 aliphatic carbocycles. The van der Waals surface area contributed by atoms with E-state index in [0.717, 1.165) is 18.1 Å². The molecular formula is C9H16ClNOS. The van der Waals surface area contributed by atoms with Gasteiger partial charge in [-0.2, -0.15) is 11.8 Å². The molecule has 2 nitrogen and oxygen atoms in total. The molecule has 1 fully saturated rings. The van der Waals surface area contributed by atoms with E-state index in [0.29, 0.717) is 6.04 Å². The number of rotatable bonds is 3. The third-order valence-electron chi connectivity index (χ3n) is 2.43. The van der Waals surface area contributed by atoms with Crippen LogP contribution in [-0.2, 0) is 4.79 Å². The maximum absolute atomic E-state index is 11.2. The predicted molar refractivity (Wildman–Crippen MR) is 58.4 cm³/mol. The number of nitrogens with one attached hydrogen (secondary N) is 1. The molecule has 0 bridgehead atoms. The second-order valence-corrected chi connectivity index (χ2v) is 5.29. The number of carbonyl (C=O) groups is 1. The topological polar surface area (TPSA) is 29.1 Å². The second-order valence-electron chi connectivity index (χ2n) is 3.49. The molecule has 0 aromatic rings. The molecule has 0 saturated heterocycles. The molecule has 1 aliphatic rings. The Morgan fingerprint density at radius 2 is 2.31 bits per heavy atom. The zero-order valence-corrected chi connectivity index (χ0v) is 9.62. The highest BCUT2D eigenvalue weighted by atomic mass is 35.5. The minimum absolute atomic E-state index is 0.0339. The van der Waals surface area contributed by atoms with Crippen LogP contribution in [0.25, 0.3) is 0 Å². The molecule has 3 atom stereocenters. The van der Waals surface area contributed by atoms with Crippen LogP contribution in [0.1, 0.15) is 26.2 Å². The van der Waals surface area contributed by atoms with Gasteiger partial charge >= 0.3 is 0 Å². The summed E-state index contributed by atoms with van der Waals surface area (Å²) >= 11 is 7.55. The highest BCUT2D eigenvalue weighted by Gasteiger charge is 2.25. The van der Waals surface area contributed by atoms with Crippen LogP contribution < -0.4 is 5.32 Å². The first-order chi connectivity index (χ1) is 6.13. The van der Waals surface area contributed by atoms with Crippen molar-refractivity contribution in [2.45, 2.75) is 42.9 Å². The summed E-state index contributed by atoms with van der Waals surface area (Å²) in [4.78, 5) is 11.2. The molecule has 76 valence electrons. The van der Waals surface area contributed by atoms with E-state index in [1.807, 2.05) is 11.8 Å². The fourth-order valence-corrected chi connectivity index (χ4v) is 2.46. The van der Waals surface area contributed by atoms with Gasteiger partial charge in [0.25, 0.3) is 0 Å². The van der Waals surface area contributed by atoms with Crippen molar-refractivity contribution in [2.24, 2.45) is 0 Å². The molecule has 0 radical (unpaired) electrons. The van der Waals surface area contributed by atoms with E-state index in [1.165, 1.54) is 6.42 Å². The van der Waals surface area contributed by atoms with Crippen molar-refractivity contribution >= 4 is 29.3 Å². The number of thioether (sulfide) groups is 1. The Hall–Kier alpha value is 0.110. The standard InChI is InChI=1S/C9H16ClNOS/c1-6(10)9(12)11-7-3-4-8(5-7)13-2/h6-8H,3-5H2,1-2H3,(H,11,12). The fourth-order valence-electron chi connectivity index (χ4n) is 1.60. The number of hydrogen-bond acceptors (Lipinski definition) is 2. The highest BCUT2D eigenvalue weighted by Crippen LogP contribution is 2.28. The largest absolute Gasteiger partial charge is 0.352 e. The summed E-state index contributed by atoms with van der Waals surface area (Å²) in [7, 11) is 0. The second kappa shape index (κ2) is 5.11. The van der Waals surface area contributed by atoms with Crippen molar-refractivity contribution < 1.29 is 4.79 Å². The van der Waals surface area contributed by atoms with Gasteiger partial charge in [0.15, 0.2) is 0 Å². The van der Waals surface area contributed by atoms with E-state index in [4.69, 9.17) is 11.6 Å². The van der Waals surface area contributed by atoms with Crippen LogP contribution in [0, 0.1) is 0 Å². The molecular weight excluding hydrogens is 206 g/mol. The van der Waals surface area contributed by atoms with Gasteiger partial charge in [0.2, 0.25) is 5.91 Å². The van der Waals surface area contributed by atoms with E-state index in [9.17, 15) is 4.79 Å². The fraction of sp³-hybridized carbons (Fsp3) is 0.889. The van der Waals surface area contributed by atoms with E-state index in [1.54, 1.807) is 6.92 Å². The van der Waals surface area contributed by atoms with Crippen molar-refractivity contribution in [3.05, 3.63) is 0 Å². The Kier molecular flexibility index (Phi) is 4.39. The predicted octanol–water partition coefficient (Wildman–Crippen LogP) is 2.01. The minimum Gasteiger partial charge on any atom is -0.352 e. The first-order valence-electron chi connectivity index (χ1n) is 4.60. The first kappa shape index (κ1) is 11.2. The minimum atomic E-state index is -0.409. The zero-order chi connectivity index (χ0) is 9.84. The van der Waals surface area contributed by atoms with Crippen LogP contribution in [0.4, 0.5) is 0 Å². The third kappa shape index (κ3) is 3.39. The lowest BCUT2D eigenvalue weighted by Crippen LogP contribution is -2.37. The normalized spacial score (nSPS) is 30.1. The van der Waals surface area contributed by atoms with Gasteiger partial charge in [-0.05, 0) is 32.4 Å². The number of halogens is 1. The van der Waals surface area contributed by atoms with Gasteiger partial charge in [0, 0.05) is 11.3 Å². The van der Waals surface area contributed by atoms with Crippen molar-refractivity contribution in [3.8, 4) is 0 Å². The molecule has 0 aromatic heterocycles. The molecule has 4 heteroatoms. The average Bonchev–Trinajstić information content (AvgIpc) is 2.52. The summed E-state index contributed by atoms with van der Waals surface area (Å²) in [5.74, 6) is -0.0339. The summed E-state index contributed by atoms with van der Waals surface area (Å²) in [5, 5.41) is 3.27. The zero-order valence-electron chi connectivity index (χ0n) is 8.05. The van der Waals surface area contributed by atoms with Crippen molar-refractivity contribution in [1.29, 1.82) is 0 Å². The maximum atomic E-state index is 11.2. The average molecular weight is 222 g/mol. The van der Waals surface area contributed by atoms with Crippen LogP contribution in [-0.4, -0.2) is 28.8 Å².